The Balaban J connectivity index is 2.06. The van der Waals surface area contributed by atoms with Crippen molar-refractivity contribution in [2.75, 3.05) is 5.32 Å². The van der Waals surface area contributed by atoms with Crippen molar-refractivity contribution in [3.63, 3.8) is 0 Å². The molecule has 0 unspecified atom stereocenters. The number of nitrogens with two attached hydrogens (primary N) is 2. The summed E-state index contributed by atoms with van der Waals surface area (Å²) >= 11 is 0. The lowest BCUT2D eigenvalue weighted by Crippen LogP contribution is -2.27. The van der Waals surface area contributed by atoms with E-state index in [1.807, 2.05) is 0 Å². The Morgan fingerprint density at radius 3 is 2.16 bits per heavy atom. The molecule has 0 bridgehead atoms. The van der Waals surface area contributed by atoms with Gasteiger partial charge in [0.1, 0.15) is 0 Å². The number of carbonyl (C=O) groups is 2. The van der Waals surface area contributed by atoms with Gasteiger partial charge in [-0.1, -0.05) is 24.3 Å². The van der Waals surface area contributed by atoms with Crippen LogP contribution < -0.4 is 16.7 Å². The molecule has 0 saturated heterocycles. The molecule has 2 rings (SSSR count). The van der Waals surface area contributed by atoms with Crippen molar-refractivity contribution in [1.82, 2.24) is 0 Å². The van der Waals surface area contributed by atoms with Crippen molar-refractivity contribution in [2.45, 2.75) is 0 Å². The Morgan fingerprint density at radius 2 is 1.64 bits per heavy atom. The summed E-state index contributed by atoms with van der Waals surface area (Å²) in [7, 11) is 0. The summed E-state index contributed by atoms with van der Waals surface area (Å²) < 4.78 is 0. The minimum Gasteiger partial charge on any atom is -0.478 e. The predicted octanol–water partition coefficient (Wildman–Crippen LogP) is 0.868. The Kier molecular flexibility index (Phi) is 5.72. The maximum atomic E-state index is 12.2. The predicted molar refractivity (Wildman–Crippen MR) is 92.6 cm³/mol. The number of rotatable bonds is 5. The number of carboxylic acid groups (broad SMARTS) is 1. The molecule has 0 fully saturated rings. The second-order valence-electron chi connectivity index (χ2n) is 4.91. The molecule has 126 valence electrons. The number of aliphatic carboxylic acids is 1. The molecular weight excluding hydrogens is 322 g/mol. The molecule has 8 heteroatoms. The van der Waals surface area contributed by atoms with E-state index in [0.717, 1.165) is 6.08 Å². The van der Waals surface area contributed by atoms with Gasteiger partial charge in [0, 0.05) is 28.0 Å². The molecule has 25 heavy (non-hydrogen) atoms. The van der Waals surface area contributed by atoms with Crippen LogP contribution in [0.4, 0.5) is 5.69 Å². The number of hydrogen-bond donors (Lipinski definition) is 4. The molecule has 2 aromatic carbocycles. The van der Waals surface area contributed by atoms with Gasteiger partial charge in [-0.15, -0.1) is 0 Å². The smallest absolute Gasteiger partial charge is 0.328 e. The highest BCUT2D eigenvalue weighted by atomic mass is 16.4. The zero-order chi connectivity index (χ0) is 18.2. The molecule has 0 atom stereocenters. The summed E-state index contributed by atoms with van der Waals surface area (Å²) in [4.78, 5) is 22.7. The molecule has 0 spiro atoms. The van der Waals surface area contributed by atoms with Gasteiger partial charge in [-0.3, -0.25) is 4.79 Å². The fourth-order valence-corrected chi connectivity index (χ4v) is 2.00. The molecule has 0 saturated carbocycles. The van der Waals surface area contributed by atoms with Crippen molar-refractivity contribution < 1.29 is 20.2 Å². The van der Waals surface area contributed by atoms with Crippen molar-refractivity contribution in [2.24, 2.45) is 16.1 Å². The monoisotopic (exact) mass is 338 g/mol. The molecule has 8 nitrogen and oxygen atoms in total. The van der Waals surface area contributed by atoms with E-state index < -0.39 is 5.97 Å². The molecule has 0 aliphatic rings. The number of amidine groups is 1. The van der Waals surface area contributed by atoms with Crippen LogP contribution in [0.15, 0.2) is 64.8 Å². The number of benzene rings is 2. The molecule has 0 radical (unpaired) electrons. The molecule has 0 heterocycles. The minimum atomic E-state index is -1.02. The first kappa shape index (κ1) is 17.5. The molecule has 0 aliphatic heterocycles. The largest absolute Gasteiger partial charge is 0.478 e. The fourth-order valence-electron chi connectivity index (χ4n) is 2.00. The van der Waals surface area contributed by atoms with Crippen LogP contribution in [-0.2, 0) is 4.79 Å². The lowest BCUT2D eigenvalue weighted by molar-refractivity contribution is -0.206. The van der Waals surface area contributed by atoms with E-state index in [9.17, 15) is 9.59 Å². The third-order valence-electron chi connectivity index (χ3n) is 3.24. The van der Waals surface area contributed by atoms with Crippen LogP contribution in [0.2, 0.25) is 0 Å². The second-order valence-corrected chi connectivity index (χ2v) is 4.91. The number of carboxylic acids is 1. The van der Waals surface area contributed by atoms with Gasteiger partial charge in [-0.05, 0) is 35.9 Å². The lowest BCUT2D eigenvalue weighted by atomic mass is 10.1. The number of anilines is 1. The van der Waals surface area contributed by atoms with Crippen LogP contribution in [0.5, 0.6) is 0 Å². The summed E-state index contributed by atoms with van der Waals surface area (Å²) in [5.41, 5.74) is 7.49. The first-order valence-electron chi connectivity index (χ1n) is 7.15. The van der Waals surface area contributed by atoms with E-state index in [4.69, 9.17) is 16.5 Å². The normalized spacial score (nSPS) is 11.3. The van der Waals surface area contributed by atoms with Crippen LogP contribution in [0.3, 0.4) is 0 Å². The lowest BCUT2D eigenvalue weighted by Gasteiger charge is -2.06. The molecule has 2 aromatic rings. The Bertz CT molecular complexity index is 840. The van der Waals surface area contributed by atoms with Gasteiger partial charge in [0.25, 0.3) is 5.91 Å². The summed E-state index contributed by atoms with van der Waals surface area (Å²) in [6, 6.07) is 13.2. The summed E-state index contributed by atoms with van der Waals surface area (Å²) in [5.74, 6) is 4.02. The summed E-state index contributed by atoms with van der Waals surface area (Å²) in [5, 5.41) is 18.2. The molecule has 0 aromatic heterocycles. The van der Waals surface area contributed by atoms with Crippen molar-refractivity contribution in [1.29, 1.82) is 0 Å². The van der Waals surface area contributed by atoms with Crippen LogP contribution in [-0.4, -0.2) is 22.8 Å². The van der Waals surface area contributed by atoms with Crippen LogP contribution in [0, 0.1) is 0 Å². The number of amides is 1. The first-order chi connectivity index (χ1) is 12.0. The summed E-state index contributed by atoms with van der Waals surface area (Å²) in [6.45, 7) is 0. The summed E-state index contributed by atoms with van der Waals surface area (Å²) in [6.07, 6.45) is 2.51. The van der Waals surface area contributed by atoms with Crippen LogP contribution in [0.1, 0.15) is 21.5 Å². The van der Waals surface area contributed by atoms with Crippen LogP contribution in [0.25, 0.3) is 6.08 Å². The highest BCUT2D eigenvalue weighted by molar-refractivity contribution is 6.05. The number of carbonyl (C=O) groups excluding carboxylic acids is 1. The maximum Gasteiger partial charge on any atom is 0.328 e. The molecule has 1 amide bonds. The number of hydrazone groups is 1. The van der Waals surface area contributed by atoms with Gasteiger partial charge >= 0.3 is 5.97 Å². The zero-order valence-electron chi connectivity index (χ0n) is 13.1. The van der Waals surface area contributed by atoms with Crippen molar-refractivity contribution in [3.05, 3.63) is 71.3 Å². The Hall–Kier alpha value is -3.81. The van der Waals surface area contributed by atoms with E-state index >= 15 is 0 Å². The van der Waals surface area contributed by atoms with Gasteiger partial charge in [0.2, 0.25) is 5.84 Å². The van der Waals surface area contributed by atoms with E-state index in [2.05, 4.69) is 15.5 Å². The third kappa shape index (κ3) is 4.83. The first-order valence-corrected chi connectivity index (χ1v) is 7.15. The maximum absolute atomic E-state index is 12.2. The number of hydrogen-bond acceptors (Lipinski definition) is 4. The van der Waals surface area contributed by atoms with Crippen LogP contribution >= 0.6 is 0 Å². The topological polar surface area (TPSA) is 143 Å². The van der Waals surface area contributed by atoms with Gasteiger partial charge in [0.15, 0.2) is 0 Å². The average molecular weight is 338 g/mol. The van der Waals surface area contributed by atoms with Gasteiger partial charge in [-0.2, -0.15) is 10.6 Å². The highest BCUT2D eigenvalue weighted by Crippen LogP contribution is 2.13. The van der Waals surface area contributed by atoms with Gasteiger partial charge < -0.3 is 16.3 Å². The highest BCUT2D eigenvalue weighted by Gasteiger charge is 2.09. The quantitative estimate of drug-likeness (QED) is 0.160. The third-order valence-corrected chi connectivity index (χ3v) is 3.24. The van der Waals surface area contributed by atoms with Gasteiger partial charge in [0.05, 0.1) is 0 Å². The molecule has 6 N–H and O–H groups in total. The fraction of sp³-hybridized carbons (Fsp3) is 0. The minimum absolute atomic E-state index is 0.178. The van der Waals surface area contributed by atoms with E-state index in [0.29, 0.717) is 22.4 Å². The SMILES string of the molecule is N/N=C(\N=[NH2+])c1ccc(C(=O)Nc2ccc(/C=C/C(=O)O)cc2)cc1. The van der Waals surface area contributed by atoms with Crippen molar-refractivity contribution >= 4 is 29.5 Å². The van der Waals surface area contributed by atoms with Crippen molar-refractivity contribution in [3.8, 4) is 0 Å². The zero-order valence-corrected chi connectivity index (χ0v) is 13.1. The molecule has 0 aliphatic carbocycles. The average Bonchev–Trinajstić information content (AvgIpc) is 2.62. The Labute approximate surface area is 143 Å². The number of nitrogens with one attached hydrogen (secondary N) is 1. The van der Waals surface area contributed by atoms with Gasteiger partial charge in [-0.25, -0.2) is 4.79 Å². The second kappa shape index (κ2) is 8.16. The van der Waals surface area contributed by atoms with E-state index in [1.165, 1.54) is 6.08 Å². The standard InChI is InChI=1S/C17H15N5O3/c18-21-16(22-19)12-4-6-13(7-5-12)17(25)20-14-8-1-11(2-9-14)3-10-15(23)24/h1-10,18H,19H2,(H,20,25)(H,23,24)/p+1/b10-3+,21-18?,22-16-. The number of nitrogens with zero attached hydrogens (tertiary/aromatic N) is 2. The van der Waals surface area contributed by atoms with E-state index in [-0.39, 0.29) is 11.7 Å². The Morgan fingerprint density at radius 1 is 1.04 bits per heavy atom. The molecular formula is C17H16N5O3+. The van der Waals surface area contributed by atoms with E-state index in [1.54, 1.807) is 48.5 Å².